The molecule has 3 aliphatic rings. The Kier molecular flexibility index (Phi) is 5.47. The quantitative estimate of drug-likeness (QED) is 0.490. The minimum Gasteiger partial charge on any atom is -0.493 e. The van der Waals surface area contributed by atoms with Gasteiger partial charge < -0.3 is 18.8 Å². The molecule has 2 aliphatic heterocycles. The van der Waals surface area contributed by atoms with Gasteiger partial charge in [0.25, 0.3) is 11.5 Å². The fourth-order valence-corrected chi connectivity index (χ4v) is 5.38. The van der Waals surface area contributed by atoms with Crippen molar-refractivity contribution in [2.75, 3.05) is 19.7 Å². The van der Waals surface area contributed by atoms with Gasteiger partial charge >= 0.3 is 6.18 Å². The second-order valence-corrected chi connectivity index (χ2v) is 9.40. The number of hydrogen-bond donors (Lipinski definition) is 0. The summed E-state index contributed by atoms with van der Waals surface area (Å²) in [5, 5.41) is 0. The van der Waals surface area contributed by atoms with Crippen molar-refractivity contribution in [1.82, 2.24) is 19.0 Å². The monoisotopic (exact) mass is 524 g/mol. The number of pyridine rings is 1. The summed E-state index contributed by atoms with van der Waals surface area (Å²) in [5.74, 6) is -1.72. The molecule has 2 atom stereocenters. The molecule has 0 radical (unpaired) electrons. The topological polar surface area (TPSA) is 69.4 Å². The second kappa shape index (κ2) is 8.09. The molecule has 190 valence electrons. The molecular weight excluding hydrogens is 504 g/mol. The SMILES string of the molecule is Cc1cn(-c2ccc3n(c2=O)CCN(C[C@@]24C[C@@H]2COc2cc(F)c(C(F)(F)F)cc24)C3=O)cn1.Cl. The van der Waals surface area contributed by atoms with Gasteiger partial charge in [-0.25, -0.2) is 9.37 Å². The summed E-state index contributed by atoms with van der Waals surface area (Å²) in [6.07, 6.45) is -1.05. The van der Waals surface area contributed by atoms with Crippen molar-refractivity contribution >= 4 is 18.3 Å². The molecular formula is C24H21ClF4N4O3. The van der Waals surface area contributed by atoms with Crippen LogP contribution < -0.4 is 10.3 Å². The van der Waals surface area contributed by atoms with E-state index in [1.165, 1.54) is 10.9 Å². The number of benzene rings is 1. The van der Waals surface area contributed by atoms with Crippen LogP contribution in [-0.2, 0) is 18.1 Å². The average Bonchev–Trinajstić information content (AvgIpc) is 3.36. The molecule has 0 N–H and O–H groups in total. The Balaban J connectivity index is 0.00000267. The fourth-order valence-electron chi connectivity index (χ4n) is 5.38. The molecule has 0 unspecified atom stereocenters. The van der Waals surface area contributed by atoms with E-state index in [1.54, 1.807) is 34.7 Å². The van der Waals surface area contributed by atoms with Crippen molar-refractivity contribution in [3.63, 3.8) is 0 Å². The fraction of sp³-hybridized carbons (Fsp3) is 0.375. The molecule has 4 heterocycles. The number of rotatable bonds is 3. The van der Waals surface area contributed by atoms with E-state index in [2.05, 4.69) is 4.98 Å². The smallest absolute Gasteiger partial charge is 0.419 e. The number of aryl methyl sites for hydroxylation is 1. The van der Waals surface area contributed by atoms with Crippen molar-refractivity contribution < 1.29 is 27.1 Å². The van der Waals surface area contributed by atoms with Crippen molar-refractivity contribution in [2.45, 2.75) is 31.5 Å². The minimum atomic E-state index is -4.84. The number of fused-ring (bicyclic) bond motifs is 4. The van der Waals surface area contributed by atoms with E-state index in [4.69, 9.17) is 4.74 Å². The van der Waals surface area contributed by atoms with Gasteiger partial charge in [0.2, 0.25) is 0 Å². The third kappa shape index (κ3) is 3.59. The highest BCUT2D eigenvalue weighted by molar-refractivity contribution is 5.93. The van der Waals surface area contributed by atoms with Crippen molar-refractivity contribution in [2.24, 2.45) is 5.92 Å². The van der Waals surface area contributed by atoms with Gasteiger partial charge in [0.1, 0.15) is 22.9 Å². The lowest BCUT2D eigenvalue weighted by Crippen LogP contribution is -2.48. The van der Waals surface area contributed by atoms with E-state index >= 15 is 0 Å². The summed E-state index contributed by atoms with van der Waals surface area (Å²) in [6.45, 7) is 2.72. The standard InChI is InChI=1S/C24H20F4N4O3.ClH/c1-13-9-31(12-29-13)18-2-3-19-21(33)30(4-5-32(19)22(18)34)11-23-8-14(23)10-35-20-7-17(25)15(6-16(20)23)24(26,27)28;/h2-3,6-7,9,12,14H,4-5,8,10-11H2,1H3;1H/t14-,23+;/m1./s1. The Hall–Kier alpha value is -3.34. The molecule has 1 aromatic carbocycles. The minimum absolute atomic E-state index is 0. The summed E-state index contributed by atoms with van der Waals surface area (Å²) in [6, 6.07) is 4.77. The molecule has 6 rings (SSSR count). The zero-order valence-electron chi connectivity index (χ0n) is 19.0. The van der Waals surface area contributed by atoms with Gasteiger partial charge in [-0.3, -0.25) is 9.59 Å². The van der Waals surface area contributed by atoms with Crippen molar-refractivity contribution in [3.05, 3.63) is 75.5 Å². The third-order valence-corrected chi connectivity index (χ3v) is 7.30. The number of imidazole rings is 1. The van der Waals surface area contributed by atoms with E-state index in [9.17, 15) is 27.2 Å². The number of alkyl halides is 3. The number of hydrogen-bond acceptors (Lipinski definition) is 4. The van der Waals surface area contributed by atoms with Crippen LogP contribution in [0, 0.1) is 18.7 Å². The van der Waals surface area contributed by atoms with E-state index in [0.29, 0.717) is 12.1 Å². The summed E-state index contributed by atoms with van der Waals surface area (Å²) >= 11 is 0. The molecule has 1 saturated carbocycles. The van der Waals surface area contributed by atoms with E-state index in [0.717, 1.165) is 17.8 Å². The lowest BCUT2D eigenvalue weighted by molar-refractivity contribution is -0.140. The first kappa shape index (κ1) is 24.4. The number of aromatic nitrogens is 3. The molecule has 0 spiro atoms. The molecule has 36 heavy (non-hydrogen) atoms. The highest BCUT2D eigenvalue weighted by Crippen LogP contribution is 2.60. The first-order valence-electron chi connectivity index (χ1n) is 11.2. The van der Waals surface area contributed by atoms with Crippen LogP contribution in [0.2, 0.25) is 0 Å². The second-order valence-electron chi connectivity index (χ2n) is 9.40. The van der Waals surface area contributed by atoms with Crippen molar-refractivity contribution in [3.8, 4) is 11.4 Å². The molecule has 0 bridgehead atoms. The highest BCUT2D eigenvalue weighted by atomic mass is 35.5. The van der Waals surface area contributed by atoms with Gasteiger partial charge in [-0.15, -0.1) is 12.4 Å². The number of amides is 1. The van der Waals surface area contributed by atoms with Gasteiger partial charge in [0, 0.05) is 48.8 Å². The Morgan fingerprint density at radius 2 is 1.97 bits per heavy atom. The molecule has 12 heteroatoms. The van der Waals surface area contributed by atoms with Crippen LogP contribution in [-0.4, -0.2) is 44.6 Å². The van der Waals surface area contributed by atoms with Gasteiger partial charge in [-0.2, -0.15) is 13.2 Å². The lowest BCUT2D eigenvalue weighted by Gasteiger charge is -2.35. The maximum absolute atomic E-state index is 14.1. The molecule has 7 nitrogen and oxygen atoms in total. The summed E-state index contributed by atoms with van der Waals surface area (Å²) in [4.78, 5) is 32.1. The zero-order valence-corrected chi connectivity index (χ0v) is 19.8. The van der Waals surface area contributed by atoms with Gasteiger partial charge in [0.05, 0.1) is 24.2 Å². The number of nitrogens with zero attached hydrogens (tertiary/aromatic N) is 4. The van der Waals surface area contributed by atoms with Crippen LogP contribution in [0.4, 0.5) is 17.6 Å². The van der Waals surface area contributed by atoms with Gasteiger partial charge in [-0.1, -0.05) is 0 Å². The molecule has 1 aliphatic carbocycles. The molecule has 1 fully saturated rings. The Morgan fingerprint density at radius 1 is 1.19 bits per heavy atom. The lowest BCUT2D eigenvalue weighted by atomic mass is 9.88. The molecule has 2 aromatic heterocycles. The summed E-state index contributed by atoms with van der Waals surface area (Å²) in [7, 11) is 0. The highest BCUT2D eigenvalue weighted by Gasteiger charge is 2.61. The van der Waals surface area contributed by atoms with Gasteiger partial charge in [0.15, 0.2) is 0 Å². The van der Waals surface area contributed by atoms with Crippen LogP contribution >= 0.6 is 12.4 Å². The zero-order chi connectivity index (χ0) is 24.7. The Bertz CT molecular complexity index is 1450. The van der Waals surface area contributed by atoms with Gasteiger partial charge in [-0.05, 0) is 31.5 Å². The predicted octanol–water partition coefficient (Wildman–Crippen LogP) is 3.73. The maximum atomic E-state index is 14.1. The number of carbonyl (C=O) groups excluding carboxylic acids is 1. The van der Waals surface area contributed by atoms with Crippen LogP contribution in [0.5, 0.6) is 5.75 Å². The number of halogens is 5. The molecule has 0 saturated heterocycles. The molecule has 3 aromatic rings. The largest absolute Gasteiger partial charge is 0.493 e. The normalized spacial score (nSPS) is 22.2. The first-order valence-corrected chi connectivity index (χ1v) is 11.2. The summed E-state index contributed by atoms with van der Waals surface area (Å²) in [5.41, 5.74) is -0.766. The average molecular weight is 525 g/mol. The van der Waals surface area contributed by atoms with Crippen LogP contribution in [0.25, 0.3) is 5.69 Å². The van der Waals surface area contributed by atoms with Crippen LogP contribution in [0.1, 0.15) is 33.7 Å². The maximum Gasteiger partial charge on any atom is 0.419 e. The van der Waals surface area contributed by atoms with E-state index in [-0.39, 0.29) is 73.0 Å². The number of ether oxygens (including phenoxy) is 1. The third-order valence-electron chi connectivity index (χ3n) is 7.30. The van der Waals surface area contributed by atoms with Crippen molar-refractivity contribution in [1.29, 1.82) is 0 Å². The van der Waals surface area contributed by atoms with E-state index in [1.807, 2.05) is 0 Å². The molecule has 1 amide bonds. The summed E-state index contributed by atoms with van der Waals surface area (Å²) < 4.78 is 62.8. The Labute approximate surface area is 208 Å². The number of carbonyl (C=O) groups is 1. The van der Waals surface area contributed by atoms with Crippen LogP contribution in [0.3, 0.4) is 0 Å². The Morgan fingerprint density at radius 3 is 2.67 bits per heavy atom. The van der Waals surface area contributed by atoms with E-state index < -0.39 is 23.0 Å². The van der Waals surface area contributed by atoms with Crippen LogP contribution in [0.15, 0.2) is 41.6 Å². The predicted molar refractivity (Wildman–Crippen MR) is 122 cm³/mol. The first-order chi connectivity index (χ1) is 16.6.